The molecule has 4 nitrogen and oxygen atoms in total. The van der Waals surface area contributed by atoms with E-state index in [2.05, 4.69) is 17.6 Å². The molecule has 2 fully saturated rings. The van der Waals surface area contributed by atoms with Crippen LogP contribution in [-0.4, -0.2) is 51.1 Å². The molecule has 0 amide bonds. The minimum absolute atomic E-state index is 0.521. The minimum Gasteiger partial charge on any atom is -0.379 e. The SMILES string of the molecule is CC(CC1COCCN1)NC1COC1. The van der Waals surface area contributed by atoms with Crippen molar-refractivity contribution in [2.75, 3.05) is 33.0 Å². The van der Waals surface area contributed by atoms with Gasteiger partial charge in [-0.3, -0.25) is 0 Å². The van der Waals surface area contributed by atoms with E-state index in [1.165, 1.54) is 0 Å². The van der Waals surface area contributed by atoms with E-state index in [0.29, 0.717) is 18.1 Å². The molecule has 0 aromatic heterocycles. The standard InChI is InChI=1S/C10H20N2O2/c1-8(12-10-6-14-7-10)4-9-5-13-3-2-11-9/h8-12H,2-7H2,1H3. The zero-order valence-electron chi connectivity index (χ0n) is 8.79. The molecule has 4 heteroatoms. The highest BCUT2D eigenvalue weighted by molar-refractivity contribution is 4.81. The summed E-state index contributed by atoms with van der Waals surface area (Å²) >= 11 is 0. The third kappa shape index (κ3) is 2.92. The second kappa shape index (κ2) is 5.07. The van der Waals surface area contributed by atoms with Crippen molar-refractivity contribution in [3.63, 3.8) is 0 Å². The maximum Gasteiger partial charge on any atom is 0.0643 e. The molecule has 0 bridgehead atoms. The predicted molar refractivity (Wildman–Crippen MR) is 54.4 cm³/mol. The van der Waals surface area contributed by atoms with E-state index in [4.69, 9.17) is 9.47 Å². The Morgan fingerprint density at radius 3 is 2.79 bits per heavy atom. The van der Waals surface area contributed by atoms with Crippen molar-refractivity contribution in [2.45, 2.75) is 31.5 Å². The van der Waals surface area contributed by atoms with Crippen molar-refractivity contribution in [2.24, 2.45) is 0 Å². The molecule has 0 saturated carbocycles. The number of nitrogens with one attached hydrogen (secondary N) is 2. The van der Waals surface area contributed by atoms with Crippen LogP contribution in [-0.2, 0) is 9.47 Å². The Hall–Kier alpha value is -0.160. The Kier molecular flexibility index (Phi) is 3.75. The molecule has 2 saturated heterocycles. The van der Waals surface area contributed by atoms with Crippen LogP contribution in [0, 0.1) is 0 Å². The summed E-state index contributed by atoms with van der Waals surface area (Å²) in [6, 6.07) is 1.64. The zero-order chi connectivity index (χ0) is 9.80. The van der Waals surface area contributed by atoms with Crippen LogP contribution in [0.1, 0.15) is 13.3 Å². The normalized spacial score (nSPS) is 31.1. The Labute approximate surface area is 85.3 Å². The summed E-state index contributed by atoms with van der Waals surface area (Å²) in [5.41, 5.74) is 0. The molecule has 0 radical (unpaired) electrons. The summed E-state index contributed by atoms with van der Waals surface area (Å²) in [4.78, 5) is 0. The number of rotatable bonds is 4. The van der Waals surface area contributed by atoms with Crippen LogP contribution in [0.25, 0.3) is 0 Å². The van der Waals surface area contributed by atoms with Gasteiger partial charge in [-0.05, 0) is 13.3 Å². The number of morpholine rings is 1. The van der Waals surface area contributed by atoms with Gasteiger partial charge in [0.15, 0.2) is 0 Å². The summed E-state index contributed by atoms with van der Waals surface area (Å²) < 4.78 is 10.5. The molecule has 2 atom stereocenters. The lowest BCUT2D eigenvalue weighted by Gasteiger charge is -2.32. The van der Waals surface area contributed by atoms with Gasteiger partial charge >= 0.3 is 0 Å². The minimum atomic E-state index is 0.521. The molecule has 82 valence electrons. The van der Waals surface area contributed by atoms with Crippen molar-refractivity contribution >= 4 is 0 Å². The van der Waals surface area contributed by atoms with E-state index in [0.717, 1.165) is 39.4 Å². The van der Waals surface area contributed by atoms with Gasteiger partial charge in [-0.15, -0.1) is 0 Å². The van der Waals surface area contributed by atoms with Crippen molar-refractivity contribution < 1.29 is 9.47 Å². The highest BCUT2D eigenvalue weighted by atomic mass is 16.5. The number of hydrogen-bond donors (Lipinski definition) is 2. The predicted octanol–water partition coefficient (Wildman–Crippen LogP) is -0.258. The first-order valence-electron chi connectivity index (χ1n) is 5.49. The lowest BCUT2D eigenvalue weighted by Crippen LogP contribution is -2.52. The summed E-state index contributed by atoms with van der Waals surface area (Å²) in [7, 11) is 0. The van der Waals surface area contributed by atoms with E-state index in [1.807, 2.05) is 0 Å². The second-order valence-electron chi connectivity index (χ2n) is 4.26. The lowest BCUT2D eigenvalue weighted by atomic mass is 10.1. The van der Waals surface area contributed by atoms with Crippen molar-refractivity contribution in [1.82, 2.24) is 10.6 Å². The lowest BCUT2D eigenvalue weighted by molar-refractivity contribution is -0.0112. The average Bonchev–Trinajstić information content (AvgIpc) is 2.13. The molecule has 0 aromatic rings. The molecule has 2 rings (SSSR count). The molecule has 2 N–H and O–H groups in total. The van der Waals surface area contributed by atoms with Crippen LogP contribution in [0.3, 0.4) is 0 Å². The largest absolute Gasteiger partial charge is 0.379 e. The first-order valence-corrected chi connectivity index (χ1v) is 5.49. The maximum atomic E-state index is 5.41. The molecular weight excluding hydrogens is 180 g/mol. The topological polar surface area (TPSA) is 42.5 Å². The van der Waals surface area contributed by atoms with Gasteiger partial charge in [0, 0.05) is 18.6 Å². The van der Waals surface area contributed by atoms with Crippen LogP contribution in [0.5, 0.6) is 0 Å². The highest BCUT2D eigenvalue weighted by Gasteiger charge is 2.22. The van der Waals surface area contributed by atoms with Crippen molar-refractivity contribution in [1.29, 1.82) is 0 Å². The Balaban J connectivity index is 1.62. The number of hydrogen-bond acceptors (Lipinski definition) is 4. The fraction of sp³-hybridized carbons (Fsp3) is 1.00. The van der Waals surface area contributed by atoms with E-state index >= 15 is 0 Å². The molecule has 2 heterocycles. The molecule has 2 aliphatic rings. The fourth-order valence-corrected chi connectivity index (χ4v) is 2.00. The first kappa shape index (κ1) is 10.4. The summed E-state index contributed by atoms with van der Waals surface area (Å²) in [6.07, 6.45) is 1.14. The van der Waals surface area contributed by atoms with Crippen molar-refractivity contribution in [3.05, 3.63) is 0 Å². The van der Waals surface area contributed by atoms with Gasteiger partial charge in [-0.2, -0.15) is 0 Å². The van der Waals surface area contributed by atoms with Crippen LogP contribution < -0.4 is 10.6 Å². The van der Waals surface area contributed by atoms with Gasteiger partial charge in [0.1, 0.15) is 0 Å². The van der Waals surface area contributed by atoms with Gasteiger partial charge in [0.2, 0.25) is 0 Å². The molecular formula is C10H20N2O2. The first-order chi connectivity index (χ1) is 6.84. The molecule has 2 aliphatic heterocycles. The molecule has 0 aromatic carbocycles. The van der Waals surface area contributed by atoms with Gasteiger partial charge in [-0.25, -0.2) is 0 Å². The van der Waals surface area contributed by atoms with Crippen molar-refractivity contribution in [3.8, 4) is 0 Å². The Bertz CT molecular complexity index is 168. The molecule has 0 spiro atoms. The third-order valence-electron chi connectivity index (χ3n) is 2.79. The van der Waals surface area contributed by atoms with Crippen LogP contribution in [0.2, 0.25) is 0 Å². The maximum absolute atomic E-state index is 5.41. The van der Waals surface area contributed by atoms with Crippen LogP contribution >= 0.6 is 0 Å². The van der Waals surface area contributed by atoms with Gasteiger partial charge in [0.25, 0.3) is 0 Å². The quantitative estimate of drug-likeness (QED) is 0.656. The second-order valence-corrected chi connectivity index (χ2v) is 4.26. The zero-order valence-corrected chi connectivity index (χ0v) is 8.79. The van der Waals surface area contributed by atoms with Gasteiger partial charge in [-0.1, -0.05) is 0 Å². The van der Waals surface area contributed by atoms with E-state index < -0.39 is 0 Å². The van der Waals surface area contributed by atoms with Gasteiger partial charge in [0.05, 0.1) is 32.5 Å². The van der Waals surface area contributed by atoms with E-state index in [9.17, 15) is 0 Å². The monoisotopic (exact) mass is 200 g/mol. The van der Waals surface area contributed by atoms with Crippen LogP contribution in [0.15, 0.2) is 0 Å². The molecule has 0 aliphatic carbocycles. The smallest absolute Gasteiger partial charge is 0.0643 e. The van der Waals surface area contributed by atoms with Gasteiger partial charge < -0.3 is 20.1 Å². The molecule has 14 heavy (non-hydrogen) atoms. The Morgan fingerprint density at radius 2 is 2.21 bits per heavy atom. The number of ether oxygens (including phenoxy) is 2. The van der Waals surface area contributed by atoms with E-state index in [-0.39, 0.29) is 0 Å². The molecule has 2 unspecified atom stereocenters. The van der Waals surface area contributed by atoms with Crippen LogP contribution in [0.4, 0.5) is 0 Å². The third-order valence-corrected chi connectivity index (χ3v) is 2.79. The average molecular weight is 200 g/mol. The Morgan fingerprint density at radius 1 is 1.36 bits per heavy atom. The highest BCUT2D eigenvalue weighted by Crippen LogP contribution is 2.06. The summed E-state index contributed by atoms with van der Waals surface area (Å²) in [5.74, 6) is 0. The van der Waals surface area contributed by atoms with E-state index in [1.54, 1.807) is 0 Å². The summed E-state index contributed by atoms with van der Waals surface area (Å²) in [6.45, 7) is 6.68. The summed E-state index contributed by atoms with van der Waals surface area (Å²) in [5, 5.41) is 7.01. The fourth-order valence-electron chi connectivity index (χ4n) is 2.00.